The van der Waals surface area contributed by atoms with Gasteiger partial charge in [-0.3, -0.25) is 4.98 Å². The predicted molar refractivity (Wildman–Crippen MR) is 87.7 cm³/mol. The Morgan fingerprint density at radius 2 is 2.08 bits per heavy atom. The maximum absolute atomic E-state index is 13.3. The van der Waals surface area contributed by atoms with Gasteiger partial charge in [0.25, 0.3) is 0 Å². The molecule has 8 heteroatoms. The summed E-state index contributed by atoms with van der Waals surface area (Å²) >= 11 is 1.51. The molecule has 0 atom stereocenters. The molecule has 0 unspecified atom stereocenters. The van der Waals surface area contributed by atoms with Crippen molar-refractivity contribution in [3.63, 3.8) is 0 Å². The van der Waals surface area contributed by atoms with E-state index in [9.17, 15) is 4.39 Å². The predicted octanol–water partition coefficient (Wildman–Crippen LogP) is 3.05. The van der Waals surface area contributed by atoms with Crippen molar-refractivity contribution >= 4 is 11.3 Å². The van der Waals surface area contributed by atoms with Gasteiger partial charge >= 0.3 is 0 Å². The summed E-state index contributed by atoms with van der Waals surface area (Å²) in [6.45, 7) is 0.394. The second-order valence-corrected chi connectivity index (χ2v) is 5.87. The summed E-state index contributed by atoms with van der Waals surface area (Å²) in [5.41, 5.74) is 2.25. The van der Waals surface area contributed by atoms with Gasteiger partial charge in [0, 0.05) is 17.1 Å². The highest BCUT2D eigenvalue weighted by Gasteiger charge is 2.10. The molecule has 3 heterocycles. The van der Waals surface area contributed by atoms with Crippen molar-refractivity contribution in [2.24, 2.45) is 0 Å². The van der Waals surface area contributed by atoms with E-state index in [1.165, 1.54) is 28.3 Å². The minimum atomic E-state index is -0.330. The lowest BCUT2D eigenvalue weighted by molar-refractivity contribution is 0.566. The summed E-state index contributed by atoms with van der Waals surface area (Å²) in [4.78, 5) is 10.3. The molecule has 6 nitrogen and oxygen atoms in total. The van der Waals surface area contributed by atoms with Gasteiger partial charge in [0.2, 0.25) is 5.82 Å². The number of aromatic nitrogens is 6. The Bertz CT molecular complexity index is 965. The Labute approximate surface area is 140 Å². The Balaban J connectivity index is 1.54. The van der Waals surface area contributed by atoms with Crippen LogP contribution in [-0.4, -0.2) is 30.2 Å². The van der Waals surface area contributed by atoms with E-state index in [4.69, 9.17) is 0 Å². The molecule has 1 aromatic carbocycles. The fourth-order valence-corrected chi connectivity index (χ4v) is 2.97. The lowest BCUT2D eigenvalue weighted by Gasteiger charge is -1.96. The van der Waals surface area contributed by atoms with Crippen LogP contribution in [0.25, 0.3) is 22.1 Å². The van der Waals surface area contributed by atoms with Gasteiger partial charge in [0.15, 0.2) is 0 Å². The third-order valence-electron chi connectivity index (χ3n) is 3.27. The third kappa shape index (κ3) is 3.04. The monoisotopic (exact) mass is 338 g/mol. The molecular weight excluding hydrogens is 327 g/mol. The molecular formula is C16H11FN6S. The number of nitrogens with zero attached hydrogens (tertiary/aromatic N) is 6. The molecule has 0 fully saturated rings. The SMILES string of the molecule is Fc1cccc(-c2nnn(Cc3csc(-c4ccccn4)n3)n2)c1. The average molecular weight is 338 g/mol. The van der Waals surface area contributed by atoms with Crippen LogP contribution in [0.4, 0.5) is 4.39 Å². The van der Waals surface area contributed by atoms with Gasteiger partial charge in [-0.25, -0.2) is 9.37 Å². The van der Waals surface area contributed by atoms with Gasteiger partial charge in [-0.1, -0.05) is 18.2 Å². The lowest BCUT2D eigenvalue weighted by Crippen LogP contribution is -2.04. The normalized spacial score (nSPS) is 10.9. The van der Waals surface area contributed by atoms with Crippen LogP contribution in [0.1, 0.15) is 5.69 Å². The van der Waals surface area contributed by atoms with Crippen molar-refractivity contribution in [2.75, 3.05) is 0 Å². The number of rotatable bonds is 4. The fourth-order valence-electron chi connectivity index (χ4n) is 2.18. The first-order valence-corrected chi connectivity index (χ1v) is 8.05. The molecule has 0 amide bonds. The van der Waals surface area contributed by atoms with Crippen molar-refractivity contribution in [1.29, 1.82) is 0 Å². The molecule has 0 N–H and O–H groups in total. The molecule has 0 aliphatic carbocycles. The largest absolute Gasteiger partial charge is 0.254 e. The van der Waals surface area contributed by atoms with E-state index in [0.29, 0.717) is 17.9 Å². The van der Waals surface area contributed by atoms with Crippen LogP contribution in [0.5, 0.6) is 0 Å². The fraction of sp³-hybridized carbons (Fsp3) is 0.0625. The van der Waals surface area contributed by atoms with Gasteiger partial charge < -0.3 is 0 Å². The molecule has 0 saturated carbocycles. The van der Waals surface area contributed by atoms with E-state index in [2.05, 4.69) is 25.4 Å². The van der Waals surface area contributed by atoms with E-state index < -0.39 is 0 Å². The number of pyridine rings is 1. The zero-order valence-electron chi connectivity index (χ0n) is 12.4. The van der Waals surface area contributed by atoms with Gasteiger partial charge in [0.05, 0.1) is 11.4 Å². The highest BCUT2D eigenvalue weighted by Crippen LogP contribution is 2.21. The number of tetrazole rings is 1. The molecule has 0 saturated heterocycles. The number of thiazole rings is 1. The van der Waals surface area contributed by atoms with E-state index in [-0.39, 0.29) is 5.82 Å². The molecule has 4 rings (SSSR count). The van der Waals surface area contributed by atoms with Crippen LogP contribution >= 0.6 is 11.3 Å². The second-order valence-electron chi connectivity index (χ2n) is 5.01. The molecule has 0 aliphatic heterocycles. The Morgan fingerprint density at radius 1 is 1.12 bits per heavy atom. The van der Waals surface area contributed by atoms with Crippen molar-refractivity contribution in [3.8, 4) is 22.1 Å². The van der Waals surface area contributed by atoms with Crippen molar-refractivity contribution < 1.29 is 4.39 Å². The highest BCUT2D eigenvalue weighted by molar-refractivity contribution is 7.13. The van der Waals surface area contributed by atoms with Gasteiger partial charge in [-0.05, 0) is 29.5 Å². The summed E-state index contributed by atoms with van der Waals surface area (Å²) in [5, 5.41) is 15.0. The first-order valence-electron chi connectivity index (χ1n) is 7.17. The summed E-state index contributed by atoms with van der Waals surface area (Å²) in [6.07, 6.45) is 1.74. The Hall–Kier alpha value is -3.00. The molecule has 0 bridgehead atoms. The summed E-state index contributed by atoms with van der Waals surface area (Å²) in [5.74, 6) is 0.0537. The van der Waals surface area contributed by atoms with E-state index in [1.807, 2.05) is 23.6 Å². The van der Waals surface area contributed by atoms with Crippen LogP contribution in [0, 0.1) is 5.82 Å². The minimum Gasteiger partial charge on any atom is -0.254 e. The first-order chi connectivity index (χ1) is 11.8. The van der Waals surface area contributed by atoms with Gasteiger partial charge in [0.1, 0.15) is 17.4 Å². The van der Waals surface area contributed by atoms with Crippen LogP contribution in [0.3, 0.4) is 0 Å². The quantitative estimate of drug-likeness (QED) is 0.572. The summed E-state index contributed by atoms with van der Waals surface area (Å²) in [6, 6.07) is 11.8. The first kappa shape index (κ1) is 14.6. The molecule has 3 aromatic heterocycles. The molecule has 0 spiro atoms. The molecule has 4 aromatic rings. The number of halogens is 1. The smallest absolute Gasteiger partial charge is 0.205 e. The van der Waals surface area contributed by atoms with E-state index in [0.717, 1.165) is 16.4 Å². The van der Waals surface area contributed by atoms with Crippen LogP contribution in [-0.2, 0) is 6.54 Å². The topological polar surface area (TPSA) is 69.4 Å². The van der Waals surface area contributed by atoms with Gasteiger partial charge in [-0.15, -0.1) is 21.5 Å². The second kappa shape index (κ2) is 6.25. The van der Waals surface area contributed by atoms with Crippen LogP contribution in [0.2, 0.25) is 0 Å². The van der Waals surface area contributed by atoms with Crippen molar-refractivity contribution in [2.45, 2.75) is 6.54 Å². The molecule has 0 radical (unpaired) electrons. The summed E-state index contributed by atoms with van der Waals surface area (Å²) < 4.78 is 13.3. The van der Waals surface area contributed by atoms with Crippen molar-refractivity contribution in [1.82, 2.24) is 30.2 Å². The average Bonchev–Trinajstić information content (AvgIpc) is 3.26. The molecule has 118 valence electrons. The molecule has 24 heavy (non-hydrogen) atoms. The van der Waals surface area contributed by atoms with E-state index in [1.54, 1.807) is 18.3 Å². The Morgan fingerprint density at radius 3 is 2.92 bits per heavy atom. The summed E-state index contributed by atoms with van der Waals surface area (Å²) in [7, 11) is 0. The van der Waals surface area contributed by atoms with Crippen LogP contribution < -0.4 is 0 Å². The lowest BCUT2D eigenvalue weighted by atomic mass is 10.2. The standard InChI is InChI=1S/C16H11FN6S/c17-12-5-3-4-11(8-12)15-20-22-23(21-15)9-13-10-24-16(19-13)14-6-1-2-7-18-14/h1-8,10H,9H2. The highest BCUT2D eigenvalue weighted by atomic mass is 32.1. The molecule has 0 aliphatic rings. The third-order valence-corrected chi connectivity index (χ3v) is 4.19. The zero-order chi connectivity index (χ0) is 16.4. The number of hydrogen-bond acceptors (Lipinski definition) is 6. The minimum absolute atomic E-state index is 0.330. The Kier molecular flexibility index (Phi) is 3.80. The number of benzene rings is 1. The van der Waals surface area contributed by atoms with Gasteiger partial charge in [-0.2, -0.15) is 4.80 Å². The maximum atomic E-state index is 13.3. The van der Waals surface area contributed by atoms with Crippen LogP contribution in [0.15, 0.2) is 54.0 Å². The number of hydrogen-bond donors (Lipinski definition) is 0. The van der Waals surface area contributed by atoms with Crippen molar-refractivity contribution in [3.05, 3.63) is 65.6 Å². The maximum Gasteiger partial charge on any atom is 0.205 e. The van der Waals surface area contributed by atoms with E-state index >= 15 is 0 Å². The zero-order valence-corrected chi connectivity index (χ0v) is 13.2.